The fraction of sp³-hybridized carbons (Fsp3) is 0.978. The third kappa shape index (κ3) is 28.3. The van der Waals surface area contributed by atoms with E-state index in [2.05, 4.69) is 19.2 Å². The second-order valence-corrected chi connectivity index (χ2v) is 16.9. The maximum atomic E-state index is 12.9. The van der Waals surface area contributed by atoms with Crippen LogP contribution in [-0.4, -0.2) is 87.5 Å². The molecule has 7 unspecified atom stereocenters. The topological polar surface area (TPSA) is 149 Å². The van der Waals surface area contributed by atoms with Gasteiger partial charge in [0.05, 0.1) is 25.4 Å². The van der Waals surface area contributed by atoms with Crippen molar-refractivity contribution in [1.82, 2.24) is 5.32 Å². The number of ether oxygens (including phenoxy) is 2. The Morgan fingerprint density at radius 3 is 1.29 bits per heavy atom. The first-order valence-corrected chi connectivity index (χ1v) is 23.7. The Balaban J connectivity index is 2.24. The highest BCUT2D eigenvalue weighted by Crippen LogP contribution is 2.23. The summed E-state index contributed by atoms with van der Waals surface area (Å²) >= 11 is 0. The Morgan fingerprint density at radius 2 is 0.909 bits per heavy atom. The van der Waals surface area contributed by atoms with Crippen LogP contribution >= 0.6 is 0 Å². The molecule has 328 valence electrons. The lowest BCUT2D eigenvalue weighted by Gasteiger charge is -2.40. The summed E-state index contributed by atoms with van der Waals surface area (Å²) in [6, 6.07) is -0.710. The quantitative estimate of drug-likeness (QED) is 0.0337. The van der Waals surface area contributed by atoms with Crippen LogP contribution in [0.2, 0.25) is 0 Å². The molecule has 0 bridgehead atoms. The molecule has 1 aliphatic heterocycles. The van der Waals surface area contributed by atoms with Gasteiger partial charge >= 0.3 is 0 Å². The monoisotopic (exact) mass is 786 g/mol. The lowest BCUT2D eigenvalue weighted by Crippen LogP contribution is -2.60. The molecule has 1 fully saturated rings. The standard InChI is InChI=1S/C46H91NO8/c1-3-5-7-9-11-13-15-16-17-18-19-20-21-22-23-24-25-26-27-29-31-33-35-40(49)39(38-54-46-45(53)44(52)43(51)41(37-48)55-46)47-42(50)36-34-32-30-28-14-12-10-8-6-4-2/h39-41,43-46,48-49,51-53H,3-38H2,1-2H3,(H,47,50). The van der Waals surface area contributed by atoms with Crippen LogP contribution in [0.4, 0.5) is 0 Å². The van der Waals surface area contributed by atoms with Gasteiger partial charge < -0.3 is 40.3 Å². The Morgan fingerprint density at radius 1 is 0.545 bits per heavy atom. The van der Waals surface area contributed by atoms with E-state index in [1.165, 1.54) is 167 Å². The summed E-state index contributed by atoms with van der Waals surface area (Å²) in [7, 11) is 0. The van der Waals surface area contributed by atoms with Crippen LogP contribution in [0.1, 0.15) is 232 Å². The molecular weight excluding hydrogens is 695 g/mol. The summed E-state index contributed by atoms with van der Waals surface area (Å²) in [5.74, 6) is -0.143. The molecule has 1 amide bonds. The number of hydrogen-bond donors (Lipinski definition) is 6. The van der Waals surface area contributed by atoms with E-state index in [0.29, 0.717) is 12.8 Å². The van der Waals surface area contributed by atoms with Crippen molar-refractivity contribution in [2.75, 3.05) is 13.2 Å². The Bertz CT molecular complexity index is 832. The van der Waals surface area contributed by atoms with Gasteiger partial charge in [0.25, 0.3) is 0 Å². The van der Waals surface area contributed by atoms with Gasteiger partial charge in [-0.25, -0.2) is 0 Å². The summed E-state index contributed by atoms with van der Waals surface area (Å²) < 4.78 is 11.2. The lowest BCUT2D eigenvalue weighted by molar-refractivity contribution is -0.302. The molecular formula is C46H91NO8. The number of aliphatic hydroxyl groups is 5. The number of nitrogens with one attached hydrogen (secondary N) is 1. The largest absolute Gasteiger partial charge is 0.394 e. The fourth-order valence-corrected chi connectivity index (χ4v) is 7.87. The van der Waals surface area contributed by atoms with Crippen LogP contribution in [0.3, 0.4) is 0 Å². The zero-order chi connectivity index (χ0) is 40.2. The third-order valence-electron chi connectivity index (χ3n) is 11.7. The second kappa shape index (κ2) is 37.5. The minimum Gasteiger partial charge on any atom is -0.394 e. The van der Waals surface area contributed by atoms with Gasteiger partial charge in [-0.3, -0.25) is 4.79 Å². The number of carbonyl (C=O) groups excluding carboxylic acids is 1. The Hall–Kier alpha value is -0.810. The average Bonchev–Trinajstić information content (AvgIpc) is 3.18. The number of hydrogen-bond acceptors (Lipinski definition) is 8. The molecule has 1 aliphatic rings. The van der Waals surface area contributed by atoms with Gasteiger partial charge in [-0.05, 0) is 12.8 Å². The van der Waals surface area contributed by atoms with Crippen molar-refractivity contribution in [3.63, 3.8) is 0 Å². The Labute approximate surface area is 338 Å². The van der Waals surface area contributed by atoms with E-state index < -0.39 is 49.5 Å². The van der Waals surface area contributed by atoms with E-state index in [4.69, 9.17) is 9.47 Å². The molecule has 1 rings (SSSR count). The SMILES string of the molecule is CCCCCCCCCCCCCCCCCCCCCCCCC(O)C(COC1OC(CO)C(O)C(O)C1O)NC(=O)CCCCCCCCCCCC. The fourth-order valence-electron chi connectivity index (χ4n) is 7.87. The normalized spacial score (nSPS) is 21.2. The number of unbranched alkanes of at least 4 members (excludes halogenated alkanes) is 30. The number of aliphatic hydroxyl groups excluding tert-OH is 5. The average molecular weight is 786 g/mol. The zero-order valence-electron chi connectivity index (χ0n) is 36.0. The first-order chi connectivity index (χ1) is 26.8. The highest BCUT2D eigenvalue weighted by molar-refractivity contribution is 5.76. The van der Waals surface area contributed by atoms with Gasteiger partial charge in [-0.15, -0.1) is 0 Å². The van der Waals surface area contributed by atoms with Crippen molar-refractivity contribution in [2.45, 2.75) is 275 Å². The van der Waals surface area contributed by atoms with Gasteiger partial charge in [0.2, 0.25) is 5.91 Å². The molecule has 0 aliphatic carbocycles. The van der Waals surface area contributed by atoms with Crippen molar-refractivity contribution >= 4 is 5.91 Å². The van der Waals surface area contributed by atoms with E-state index in [0.717, 1.165) is 38.5 Å². The van der Waals surface area contributed by atoms with Crippen molar-refractivity contribution in [2.24, 2.45) is 0 Å². The molecule has 9 heteroatoms. The van der Waals surface area contributed by atoms with E-state index >= 15 is 0 Å². The van der Waals surface area contributed by atoms with Crippen molar-refractivity contribution in [3.05, 3.63) is 0 Å². The molecule has 0 saturated carbocycles. The highest BCUT2D eigenvalue weighted by atomic mass is 16.7. The first kappa shape index (κ1) is 52.2. The van der Waals surface area contributed by atoms with Crippen LogP contribution in [0, 0.1) is 0 Å². The van der Waals surface area contributed by atoms with Crippen LogP contribution in [-0.2, 0) is 14.3 Å². The predicted molar refractivity (Wildman–Crippen MR) is 226 cm³/mol. The van der Waals surface area contributed by atoms with E-state index in [-0.39, 0.29) is 12.5 Å². The zero-order valence-corrected chi connectivity index (χ0v) is 36.0. The van der Waals surface area contributed by atoms with Crippen LogP contribution in [0.25, 0.3) is 0 Å². The van der Waals surface area contributed by atoms with Crippen molar-refractivity contribution < 1.29 is 39.8 Å². The summed E-state index contributed by atoms with van der Waals surface area (Å²) in [4.78, 5) is 12.9. The molecule has 0 aromatic rings. The van der Waals surface area contributed by atoms with Gasteiger partial charge in [-0.1, -0.05) is 213 Å². The van der Waals surface area contributed by atoms with Crippen molar-refractivity contribution in [3.8, 4) is 0 Å². The molecule has 0 radical (unpaired) electrons. The van der Waals surface area contributed by atoms with E-state index in [1.807, 2.05) is 0 Å². The molecule has 0 aromatic carbocycles. The van der Waals surface area contributed by atoms with Gasteiger partial charge in [-0.2, -0.15) is 0 Å². The van der Waals surface area contributed by atoms with Crippen LogP contribution in [0.5, 0.6) is 0 Å². The summed E-state index contributed by atoms with van der Waals surface area (Å²) in [6.45, 7) is 3.83. The molecule has 7 atom stereocenters. The first-order valence-electron chi connectivity index (χ1n) is 23.7. The van der Waals surface area contributed by atoms with E-state index in [9.17, 15) is 30.3 Å². The number of amides is 1. The molecule has 1 saturated heterocycles. The Kier molecular flexibility index (Phi) is 35.6. The smallest absolute Gasteiger partial charge is 0.220 e. The third-order valence-corrected chi connectivity index (χ3v) is 11.7. The molecule has 0 spiro atoms. The van der Waals surface area contributed by atoms with E-state index in [1.54, 1.807) is 0 Å². The van der Waals surface area contributed by atoms with Gasteiger partial charge in [0.15, 0.2) is 6.29 Å². The lowest BCUT2D eigenvalue weighted by atomic mass is 9.99. The minimum absolute atomic E-state index is 0.132. The molecule has 1 heterocycles. The number of rotatable bonds is 40. The maximum absolute atomic E-state index is 12.9. The van der Waals surface area contributed by atoms with Crippen molar-refractivity contribution in [1.29, 1.82) is 0 Å². The van der Waals surface area contributed by atoms with Crippen LogP contribution in [0.15, 0.2) is 0 Å². The predicted octanol–water partition coefficient (Wildman–Crippen LogP) is 9.95. The highest BCUT2D eigenvalue weighted by Gasteiger charge is 2.44. The molecule has 9 nitrogen and oxygen atoms in total. The van der Waals surface area contributed by atoms with Gasteiger partial charge in [0, 0.05) is 6.42 Å². The minimum atomic E-state index is -1.55. The molecule has 55 heavy (non-hydrogen) atoms. The second-order valence-electron chi connectivity index (χ2n) is 16.9. The van der Waals surface area contributed by atoms with Gasteiger partial charge in [0.1, 0.15) is 24.4 Å². The summed E-state index contributed by atoms with van der Waals surface area (Å²) in [5, 5.41) is 54.3. The number of carbonyl (C=O) groups is 1. The van der Waals surface area contributed by atoms with Crippen LogP contribution < -0.4 is 5.32 Å². The molecule has 6 N–H and O–H groups in total. The maximum Gasteiger partial charge on any atom is 0.220 e. The summed E-state index contributed by atoms with van der Waals surface area (Å²) in [6.07, 6.45) is 34.1. The molecule has 0 aromatic heterocycles. The summed E-state index contributed by atoms with van der Waals surface area (Å²) in [5.41, 5.74) is 0.